The quantitative estimate of drug-likeness (QED) is 0.569. The molecule has 1 N–H and O–H groups in total. The molecular formula is C24H27BrClN3O2. The molecule has 2 aliphatic heterocycles. The number of carbonyl (C=O) groups excluding carboxylic acids is 1. The molecular weight excluding hydrogens is 478 g/mol. The van der Waals surface area contributed by atoms with Gasteiger partial charge in [0.15, 0.2) is 0 Å². The Labute approximate surface area is 198 Å². The minimum absolute atomic E-state index is 0. The summed E-state index contributed by atoms with van der Waals surface area (Å²) < 4.78 is 7.00. The van der Waals surface area contributed by atoms with E-state index in [0.717, 1.165) is 49.0 Å². The standard InChI is InChI=1S/C24H26BrN3O2.ClH/c25-19-8-6-18(7-9-19)24(29)27-11-1-2-12-28-13-3-4-20-21-14-17(15-26)5-10-23(21)30-16-22(20)28;/h5-10,14,20,22H,1-4,11-13,16H2,(H,27,29);1H/t20-,22-;/m0./s1. The van der Waals surface area contributed by atoms with Crippen LogP contribution in [0.5, 0.6) is 5.75 Å². The number of benzene rings is 2. The maximum atomic E-state index is 12.2. The lowest BCUT2D eigenvalue weighted by Gasteiger charge is -2.44. The Hall–Kier alpha value is -2.07. The number of likely N-dealkylation sites (tertiary alicyclic amines) is 1. The molecule has 4 rings (SSSR count). The van der Waals surface area contributed by atoms with Crippen LogP contribution in [0.3, 0.4) is 0 Å². The van der Waals surface area contributed by atoms with Gasteiger partial charge in [0.2, 0.25) is 0 Å². The predicted molar refractivity (Wildman–Crippen MR) is 127 cm³/mol. The second-order valence-electron chi connectivity index (χ2n) is 8.00. The summed E-state index contributed by atoms with van der Waals surface area (Å²) in [4.78, 5) is 14.7. The lowest BCUT2D eigenvalue weighted by Crippen LogP contribution is -2.49. The van der Waals surface area contributed by atoms with Gasteiger partial charge in [-0.3, -0.25) is 9.69 Å². The average molecular weight is 505 g/mol. The minimum Gasteiger partial charge on any atom is -0.492 e. The maximum Gasteiger partial charge on any atom is 0.251 e. The highest BCUT2D eigenvalue weighted by molar-refractivity contribution is 9.10. The summed E-state index contributed by atoms with van der Waals surface area (Å²) in [6, 6.07) is 15.8. The summed E-state index contributed by atoms with van der Waals surface area (Å²) in [5, 5.41) is 12.3. The molecule has 2 aromatic rings. The van der Waals surface area contributed by atoms with Crippen LogP contribution in [0.25, 0.3) is 0 Å². The molecule has 0 saturated carbocycles. The molecule has 1 saturated heterocycles. The number of hydrogen-bond donors (Lipinski definition) is 1. The summed E-state index contributed by atoms with van der Waals surface area (Å²) in [7, 11) is 0. The molecule has 2 heterocycles. The van der Waals surface area contributed by atoms with Gasteiger partial charge in [-0.2, -0.15) is 5.26 Å². The number of ether oxygens (including phenoxy) is 1. The second-order valence-corrected chi connectivity index (χ2v) is 8.91. The Kier molecular flexibility index (Phi) is 8.36. The Morgan fingerprint density at radius 1 is 1.23 bits per heavy atom. The Bertz CT molecular complexity index is 945. The molecule has 1 fully saturated rings. The van der Waals surface area contributed by atoms with Gasteiger partial charge in [0.25, 0.3) is 5.91 Å². The molecule has 0 spiro atoms. The predicted octanol–water partition coefficient (Wildman–Crippen LogP) is 4.89. The van der Waals surface area contributed by atoms with Gasteiger partial charge < -0.3 is 10.1 Å². The van der Waals surface area contributed by atoms with Crippen molar-refractivity contribution in [2.75, 3.05) is 26.2 Å². The van der Waals surface area contributed by atoms with E-state index in [0.29, 0.717) is 36.2 Å². The SMILES string of the molecule is Cl.N#Cc1ccc2c(c1)[C@@H]1CCCN(CCCCNC(=O)c3ccc(Br)cc3)[C@H]1CO2. The number of carbonyl (C=O) groups is 1. The Morgan fingerprint density at radius 2 is 2.03 bits per heavy atom. The molecule has 0 radical (unpaired) electrons. The van der Waals surface area contributed by atoms with E-state index >= 15 is 0 Å². The monoisotopic (exact) mass is 503 g/mol. The molecule has 2 aliphatic rings. The van der Waals surface area contributed by atoms with Gasteiger partial charge in [-0.05, 0) is 81.2 Å². The molecule has 1 amide bonds. The highest BCUT2D eigenvalue weighted by Gasteiger charge is 2.37. The second kappa shape index (κ2) is 11.0. The zero-order valence-corrected chi connectivity index (χ0v) is 19.8. The number of fused-ring (bicyclic) bond motifs is 3. The zero-order valence-electron chi connectivity index (χ0n) is 17.4. The van der Waals surface area contributed by atoms with Crippen molar-refractivity contribution in [1.29, 1.82) is 5.26 Å². The van der Waals surface area contributed by atoms with E-state index in [-0.39, 0.29) is 18.3 Å². The zero-order chi connectivity index (χ0) is 20.9. The minimum atomic E-state index is -0.0221. The van der Waals surface area contributed by atoms with Crippen LogP contribution in [0.4, 0.5) is 0 Å². The van der Waals surface area contributed by atoms with Crippen LogP contribution in [-0.4, -0.2) is 43.1 Å². The van der Waals surface area contributed by atoms with Crippen molar-refractivity contribution in [3.8, 4) is 11.8 Å². The van der Waals surface area contributed by atoms with Gasteiger partial charge in [0.1, 0.15) is 12.4 Å². The normalized spacial score (nSPS) is 19.7. The molecule has 0 bridgehead atoms. The van der Waals surface area contributed by atoms with Gasteiger partial charge in [-0.15, -0.1) is 12.4 Å². The Morgan fingerprint density at radius 3 is 2.81 bits per heavy atom. The molecule has 31 heavy (non-hydrogen) atoms. The Balaban J connectivity index is 0.00000272. The van der Waals surface area contributed by atoms with E-state index in [1.165, 1.54) is 5.56 Å². The van der Waals surface area contributed by atoms with Crippen LogP contribution in [0.1, 0.15) is 53.1 Å². The smallest absolute Gasteiger partial charge is 0.251 e. The molecule has 164 valence electrons. The topological polar surface area (TPSA) is 65.4 Å². The first-order chi connectivity index (χ1) is 14.7. The molecule has 7 heteroatoms. The number of nitrogens with one attached hydrogen (secondary N) is 1. The van der Waals surface area contributed by atoms with Crippen molar-refractivity contribution >= 4 is 34.2 Å². The van der Waals surface area contributed by atoms with Crippen molar-refractivity contribution in [3.63, 3.8) is 0 Å². The summed E-state index contributed by atoms with van der Waals surface area (Å²) in [5.74, 6) is 1.35. The van der Waals surface area contributed by atoms with E-state index in [1.54, 1.807) is 0 Å². The van der Waals surface area contributed by atoms with Crippen LogP contribution < -0.4 is 10.1 Å². The van der Waals surface area contributed by atoms with Crippen LogP contribution in [0, 0.1) is 11.3 Å². The first kappa shape index (κ1) is 23.6. The van der Waals surface area contributed by atoms with Crippen molar-refractivity contribution in [2.45, 2.75) is 37.6 Å². The molecule has 0 aliphatic carbocycles. The molecule has 0 aromatic heterocycles. The number of rotatable bonds is 6. The third-order valence-corrected chi connectivity index (χ3v) is 6.63. The fourth-order valence-corrected chi connectivity index (χ4v) is 4.81. The number of amides is 1. The van der Waals surface area contributed by atoms with Crippen molar-refractivity contribution in [1.82, 2.24) is 10.2 Å². The average Bonchev–Trinajstić information content (AvgIpc) is 2.78. The molecule has 2 aromatic carbocycles. The van der Waals surface area contributed by atoms with Gasteiger partial charge in [0, 0.05) is 28.1 Å². The highest BCUT2D eigenvalue weighted by Crippen LogP contribution is 2.41. The van der Waals surface area contributed by atoms with Crippen molar-refractivity contribution in [3.05, 3.63) is 63.6 Å². The number of halogens is 2. The van der Waals surface area contributed by atoms with Crippen molar-refractivity contribution in [2.24, 2.45) is 0 Å². The molecule has 2 atom stereocenters. The maximum absolute atomic E-state index is 12.2. The van der Waals surface area contributed by atoms with Crippen LogP contribution >= 0.6 is 28.3 Å². The fraction of sp³-hybridized carbons (Fsp3) is 0.417. The van der Waals surface area contributed by atoms with Crippen LogP contribution in [-0.2, 0) is 0 Å². The number of hydrogen-bond acceptors (Lipinski definition) is 4. The van der Waals surface area contributed by atoms with Gasteiger partial charge in [-0.1, -0.05) is 15.9 Å². The van der Waals surface area contributed by atoms with Crippen LogP contribution in [0.2, 0.25) is 0 Å². The van der Waals surface area contributed by atoms with Gasteiger partial charge >= 0.3 is 0 Å². The number of piperidine rings is 1. The van der Waals surface area contributed by atoms with Crippen molar-refractivity contribution < 1.29 is 9.53 Å². The summed E-state index contributed by atoms with van der Waals surface area (Å²) in [5.41, 5.74) is 2.58. The van der Waals surface area contributed by atoms with Gasteiger partial charge in [0.05, 0.1) is 17.7 Å². The lowest BCUT2D eigenvalue weighted by molar-refractivity contribution is 0.0645. The number of nitrogens with zero attached hydrogens (tertiary/aromatic N) is 2. The van der Waals surface area contributed by atoms with E-state index in [1.807, 2.05) is 42.5 Å². The van der Waals surface area contributed by atoms with E-state index < -0.39 is 0 Å². The third-order valence-electron chi connectivity index (χ3n) is 6.11. The summed E-state index contributed by atoms with van der Waals surface area (Å²) >= 11 is 3.39. The number of nitriles is 1. The van der Waals surface area contributed by atoms with Gasteiger partial charge in [-0.25, -0.2) is 0 Å². The third kappa shape index (κ3) is 5.60. The fourth-order valence-electron chi connectivity index (χ4n) is 4.55. The molecule has 5 nitrogen and oxygen atoms in total. The lowest BCUT2D eigenvalue weighted by atomic mass is 9.81. The molecule has 0 unspecified atom stereocenters. The highest BCUT2D eigenvalue weighted by atomic mass is 79.9. The first-order valence-corrected chi connectivity index (χ1v) is 11.4. The largest absolute Gasteiger partial charge is 0.492 e. The number of unbranched alkanes of at least 4 members (excludes halogenated alkanes) is 1. The van der Waals surface area contributed by atoms with Crippen LogP contribution in [0.15, 0.2) is 46.9 Å². The van der Waals surface area contributed by atoms with E-state index in [9.17, 15) is 10.1 Å². The van der Waals surface area contributed by atoms with E-state index in [4.69, 9.17) is 4.74 Å². The van der Waals surface area contributed by atoms with E-state index in [2.05, 4.69) is 32.2 Å². The summed E-state index contributed by atoms with van der Waals surface area (Å²) in [6.07, 6.45) is 4.30. The summed E-state index contributed by atoms with van der Waals surface area (Å²) in [6.45, 7) is 3.49. The first-order valence-electron chi connectivity index (χ1n) is 10.6.